The molecule has 1 aliphatic heterocycles. The quantitative estimate of drug-likeness (QED) is 0.518. The van der Waals surface area contributed by atoms with E-state index in [0.717, 1.165) is 42.2 Å². The van der Waals surface area contributed by atoms with Gasteiger partial charge in [-0.1, -0.05) is 80.6 Å². The van der Waals surface area contributed by atoms with Gasteiger partial charge in [0, 0.05) is 23.1 Å². The summed E-state index contributed by atoms with van der Waals surface area (Å²) in [5.74, 6) is 1.99. The lowest BCUT2D eigenvalue weighted by Crippen LogP contribution is -2.61. The Kier molecular flexibility index (Phi) is 4.85. The molecule has 2 fully saturated rings. The molecule has 2 aromatic carbocycles. The molecule has 1 amide bonds. The van der Waals surface area contributed by atoms with Crippen molar-refractivity contribution in [2.45, 2.75) is 69.4 Å². The van der Waals surface area contributed by atoms with Gasteiger partial charge in [-0.3, -0.25) is 9.69 Å². The molecule has 2 atom stereocenters. The van der Waals surface area contributed by atoms with Crippen LogP contribution >= 0.6 is 0 Å². The van der Waals surface area contributed by atoms with Crippen molar-refractivity contribution in [3.8, 4) is 11.4 Å². The standard InChI is InChI=1S/C27H30N4O/c32-25(21-14-6-2-7-15-21)30-23-17-9-8-16-22(23)27(18-10-3-11-19-27)31-26(30)28-24(29-31)20-12-4-1-5-13-20/h1-2,4-7,12-15,22-23H,3,8-11,16-19H2. The highest BCUT2D eigenvalue weighted by molar-refractivity contribution is 6.06. The first-order chi connectivity index (χ1) is 15.8. The molecular weight excluding hydrogens is 396 g/mol. The van der Waals surface area contributed by atoms with Crippen molar-refractivity contribution < 1.29 is 4.79 Å². The number of hydrogen-bond acceptors (Lipinski definition) is 3. The lowest BCUT2D eigenvalue weighted by atomic mass is 9.64. The van der Waals surface area contributed by atoms with E-state index in [-0.39, 0.29) is 17.5 Å². The van der Waals surface area contributed by atoms with E-state index >= 15 is 0 Å². The summed E-state index contributed by atoms with van der Waals surface area (Å²) in [6.07, 6.45) is 10.7. The maximum absolute atomic E-state index is 13.9. The zero-order valence-corrected chi connectivity index (χ0v) is 18.5. The van der Waals surface area contributed by atoms with Crippen LogP contribution in [-0.4, -0.2) is 26.7 Å². The van der Waals surface area contributed by atoms with E-state index < -0.39 is 0 Å². The number of hydrogen-bond donors (Lipinski definition) is 0. The van der Waals surface area contributed by atoms with Crippen LogP contribution in [0.2, 0.25) is 0 Å². The summed E-state index contributed by atoms with van der Waals surface area (Å²) < 4.78 is 2.20. The van der Waals surface area contributed by atoms with Crippen molar-refractivity contribution in [2.75, 3.05) is 4.90 Å². The fourth-order valence-corrected chi connectivity index (χ4v) is 6.53. The third-order valence-corrected chi connectivity index (χ3v) is 7.97. The lowest BCUT2D eigenvalue weighted by molar-refractivity contribution is 0.0314. The van der Waals surface area contributed by atoms with Crippen LogP contribution in [0.3, 0.4) is 0 Å². The van der Waals surface area contributed by atoms with E-state index in [4.69, 9.17) is 10.1 Å². The molecular formula is C27H30N4O. The van der Waals surface area contributed by atoms with Gasteiger partial charge in [-0.15, -0.1) is 5.10 Å². The molecule has 3 aliphatic rings. The molecule has 1 aromatic heterocycles. The van der Waals surface area contributed by atoms with Crippen molar-refractivity contribution in [3.05, 3.63) is 66.2 Å². The largest absolute Gasteiger partial charge is 0.273 e. The van der Waals surface area contributed by atoms with E-state index in [1.54, 1.807) is 0 Å². The van der Waals surface area contributed by atoms with E-state index in [2.05, 4.69) is 16.8 Å². The number of anilines is 1. The molecule has 2 aliphatic carbocycles. The maximum Gasteiger partial charge on any atom is 0.260 e. The van der Waals surface area contributed by atoms with Crippen LogP contribution in [0.5, 0.6) is 0 Å². The normalized spacial score (nSPS) is 24.1. The van der Waals surface area contributed by atoms with Crippen molar-refractivity contribution in [3.63, 3.8) is 0 Å². The predicted molar refractivity (Wildman–Crippen MR) is 126 cm³/mol. The molecule has 32 heavy (non-hydrogen) atoms. The summed E-state index contributed by atoms with van der Waals surface area (Å²) in [6, 6.07) is 20.1. The van der Waals surface area contributed by atoms with Crippen molar-refractivity contribution in [1.29, 1.82) is 0 Å². The number of nitrogens with zero attached hydrogens (tertiary/aromatic N) is 4. The molecule has 5 nitrogen and oxygen atoms in total. The average molecular weight is 427 g/mol. The molecule has 0 saturated heterocycles. The molecule has 0 radical (unpaired) electrons. The minimum absolute atomic E-state index is 0.00777. The topological polar surface area (TPSA) is 51.0 Å². The Morgan fingerprint density at radius 2 is 1.53 bits per heavy atom. The molecule has 6 rings (SSSR count). The van der Waals surface area contributed by atoms with Gasteiger partial charge in [0.25, 0.3) is 5.91 Å². The van der Waals surface area contributed by atoms with Gasteiger partial charge in [-0.2, -0.15) is 4.98 Å². The number of aromatic nitrogens is 3. The number of fused-ring (bicyclic) bond motifs is 4. The number of benzene rings is 2. The molecule has 1 spiro atoms. The fraction of sp³-hybridized carbons (Fsp3) is 0.444. The molecule has 3 aromatic rings. The predicted octanol–water partition coefficient (Wildman–Crippen LogP) is 5.82. The van der Waals surface area contributed by atoms with E-state index in [1.165, 1.54) is 38.5 Å². The first-order valence-electron chi connectivity index (χ1n) is 12.2. The molecule has 5 heteroatoms. The zero-order valence-electron chi connectivity index (χ0n) is 18.5. The van der Waals surface area contributed by atoms with Gasteiger partial charge in [0.2, 0.25) is 5.95 Å². The van der Waals surface area contributed by atoms with Crippen LogP contribution in [0.25, 0.3) is 11.4 Å². The van der Waals surface area contributed by atoms with Crippen LogP contribution in [0.15, 0.2) is 60.7 Å². The van der Waals surface area contributed by atoms with Crippen molar-refractivity contribution in [2.24, 2.45) is 5.92 Å². The Labute approximate surface area is 189 Å². The minimum Gasteiger partial charge on any atom is -0.273 e. The van der Waals surface area contributed by atoms with Crippen LogP contribution < -0.4 is 4.90 Å². The summed E-state index contributed by atoms with van der Waals surface area (Å²) in [5.41, 5.74) is 1.73. The molecule has 0 N–H and O–H groups in total. The number of carbonyl (C=O) groups excluding carboxylic acids is 1. The monoisotopic (exact) mass is 426 g/mol. The Morgan fingerprint density at radius 3 is 2.28 bits per heavy atom. The molecule has 2 saturated carbocycles. The van der Waals surface area contributed by atoms with Gasteiger partial charge in [0.05, 0.1) is 5.54 Å². The van der Waals surface area contributed by atoms with Crippen LogP contribution in [0.1, 0.15) is 68.1 Å². The number of carbonyl (C=O) groups is 1. The van der Waals surface area contributed by atoms with Crippen LogP contribution in [0.4, 0.5) is 5.95 Å². The second-order valence-electron chi connectivity index (χ2n) is 9.68. The van der Waals surface area contributed by atoms with Crippen LogP contribution in [0, 0.1) is 5.92 Å². The Balaban J connectivity index is 1.55. The van der Waals surface area contributed by atoms with E-state index in [1.807, 2.05) is 53.4 Å². The molecule has 0 bridgehead atoms. The van der Waals surface area contributed by atoms with Gasteiger partial charge in [-0.05, 0) is 37.8 Å². The first-order valence-corrected chi connectivity index (χ1v) is 12.2. The van der Waals surface area contributed by atoms with Gasteiger partial charge in [-0.25, -0.2) is 4.68 Å². The minimum atomic E-state index is -0.00777. The van der Waals surface area contributed by atoms with Crippen LogP contribution in [-0.2, 0) is 5.54 Å². The Hall–Kier alpha value is -2.95. The maximum atomic E-state index is 13.9. The van der Waals surface area contributed by atoms with Gasteiger partial charge >= 0.3 is 0 Å². The van der Waals surface area contributed by atoms with E-state index in [9.17, 15) is 4.79 Å². The molecule has 2 unspecified atom stereocenters. The Morgan fingerprint density at radius 1 is 0.844 bits per heavy atom. The average Bonchev–Trinajstić information content (AvgIpc) is 3.32. The SMILES string of the molecule is O=C(c1ccccc1)N1c2nc(-c3ccccc3)nn2C2(CCCCC2)C2CCCCC21. The Bertz CT molecular complexity index is 1100. The van der Waals surface area contributed by atoms with Gasteiger partial charge < -0.3 is 0 Å². The second-order valence-corrected chi connectivity index (χ2v) is 9.68. The van der Waals surface area contributed by atoms with E-state index in [0.29, 0.717) is 5.92 Å². The third-order valence-electron chi connectivity index (χ3n) is 7.97. The highest BCUT2D eigenvalue weighted by atomic mass is 16.2. The summed E-state index contributed by atoms with van der Waals surface area (Å²) in [5, 5.41) is 5.13. The highest BCUT2D eigenvalue weighted by Gasteiger charge is 2.55. The summed E-state index contributed by atoms with van der Waals surface area (Å²) in [7, 11) is 0. The summed E-state index contributed by atoms with van der Waals surface area (Å²) >= 11 is 0. The summed E-state index contributed by atoms with van der Waals surface area (Å²) in [4.78, 5) is 20.9. The fourth-order valence-electron chi connectivity index (χ4n) is 6.53. The number of rotatable bonds is 2. The second kappa shape index (κ2) is 7.88. The summed E-state index contributed by atoms with van der Waals surface area (Å²) in [6.45, 7) is 0. The zero-order chi connectivity index (χ0) is 21.5. The van der Waals surface area contributed by atoms with Gasteiger partial charge in [0.1, 0.15) is 0 Å². The number of amides is 1. The van der Waals surface area contributed by atoms with Crippen molar-refractivity contribution in [1.82, 2.24) is 14.8 Å². The lowest BCUT2D eigenvalue weighted by Gasteiger charge is -2.55. The van der Waals surface area contributed by atoms with Crippen molar-refractivity contribution >= 4 is 11.9 Å². The third kappa shape index (κ3) is 3.01. The molecule has 2 heterocycles. The van der Waals surface area contributed by atoms with Gasteiger partial charge in [0.15, 0.2) is 5.82 Å². The smallest absolute Gasteiger partial charge is 0.260 e. The molecule has 164 valence electrons. The first kappa shape index (κ1) is 19.7. The highest BCUT2D eigenvalue weighted by Crippen LogP contribution is 2.53.